The molecule has 0 aromatic heterocycles. The van der Waals surface area contributed by atoms with Gasteiger partial charge >= 0.3 is 5.97 Å². The second kappa shape index (κ2) is 8.83. The minimum Gasteiger partial charge on any atom is -0.469 e. The van der Waals surface area contributed by atoms with E-state index < -0.39 is 0 Å². The highest BCUT2D eigenvalue weighted by Crippen LogP contribution is 2.25. The van der Waals surface area contributed by atoms with Crippen molar-refractivity contribution in [3.8, 4) is 0 Å². The van der Waals surface area contributed by atoms with Gasteiger partial charge in [0.25, 0.3) is 0 Å². The number of rotatable bonds is 7. The van der Waals surface area contributed by atoms with Gasteiger partial charge in [-0.15, -0.1) is 0 Å². The Morgan fingerprint density at radius 2 is 2.12 bits per heavy atom. The first kappa shape index (κ1) is 18.5. The number of amides is 1. The molecule has 0 aliphatic heterocycles. The number of anilines is 1. The molecule has 5 heteroatoms. The highest BCUT2D eigenvalue weighted by Gasteiger charge is 2.21. The number of carbonyl (C=O) groups is 2. The molecule has 2 atom stereocenters. The second-order valence-corrected chi connectivity index (χ2v) is 6.49. The van der Waals surface area contributed by atoms with Crippen LogP contribution in [0.25, 0.3) is 0 Å². The van der Waals surface area contributed by atoms with Crippen LogP contribution in [0.3, 0.4) is 0 Å². The molecular formula is C19H28N2O3. The number of fused-ring (bicyclic) bond motifs is 1. The van der Waals surface area contributed by atoms with Gasteiger partial charge in [-0.3, -0.25) is 9.59 Å². The van der Waals surface area contributed by atoms with Crippen LogP contribution in [0.2, 0.25) is 0 Å². The van der Waals surface area contributed by atoms with Gasteiger partial charge < -0.3 is 15.4 Å². The molecule has 5 nitrogen and oxygen atoms in total. The molecule has 24 heavy (non-hydrogen) atoms. The van der Waals surface area contributed by atoms with Crippen LogP contribution in [0.15, 0.2) is 18.2 Å². The maximum Gasteiger partial charge on any atom is 0.305 e. The molecule has 1 aliphatic carbocycles. The van der Waals surface area contributed by atoms with Crippen LogP contribution in [-0.2, 0) is 27.2 Å². The smallest absolute Gasteiger partial charge is 0.305 e. The average molecular weight is 332 g/mol. The van der Waals surface area contributed by atoms with Crippen LogP contribution in [0.4, 0.5) is 5.69 Å². The summed E-state index contributed by atoms with van der Waals surface area (Å²) in [4.78, 5) is 22.5. The van der Waals surface area contributed by atoms with Crippen molar-refractivity contribution in [2.24, 2.45) is 0 Å². The normalized spacial score (nSPS) is 17.7. The van der Waals surface area contributed by atoms with Crippen LogP contribution >= 0.6 is 0 Å². The molecule has 0 saturated carbocycles. The predicted octanol–water partition coefficient (Wildman–Crippen LogP) is 2.82. The van der Waals surface area contributed by atoms with E-state index in [2.05, 4.69) is 29.7 Å². The molecule has 2 N–H and O–H groups in total. The Hall–Kier alpha value is -1.88. The van der Waals surface area contributed by atoms with Crippen molar-refractivity contribution in [3.05, 3.63) is 29.3 Å². The van der Waals surface area contributed by atoms with E-state index in [1.54, 1.807) is 0 Å². The molecule has 1 amide bonds. The monoisotopic (exact) mass is 332 g/mol. The van der Waals surface area contributed by atoms with E-state index in [0.717, 1.165) is 37.8 Å². The standard InChI is InChI=1S/C19H28N2O3/c1-4-16(9-10-19(23)24-3)21-18-8-6-14-5-7-17(20-13(2)22)11-15(14)12-18/h5,7,11,16,18,21H,4,6,8-10,12H2,1-3H3,(H,20,22). The second-order valence-electron chi connectivity index (χ2n) is 6.49. The van der Waals surface area contributed by atoms with Crippen LogP contribution in [0, 0.1) is 0 Å². The first-order valence-corrected chi connectivity index (χ1v) is 8.74. The lowest BCUT2D eigenvalue weighted by molar-refractivity contribution is -0.140. The summed E-state index contributed by atoms with van der Waals surface area (Å²) in [6.45, 7) is 3.66. The Bertz CT molecular complexity index is 586. The van der Waals surface area contributed by atoms with Gasteiger partial charge in [0.05, 0.1) is 7.11 Å². The molecule has 1 aromatic rings. The fourth-order valence-corrected chi connectivity index (χ4v) is 3.31. The van der Waals surface area contributed by atoms with Crippen molar-refractivity contribution in [1.29, 1.82) is 0 Å². The Morgan fingerprint density at radius 3 is 2.79 bits per heavy atom. The number of esters is 1. The van der Waals surface area contributed by atoms with Gasteiger partial charge in [0.15, 0.2) is 0 Å². The van der Waals surface area contributed by atoms with E-state index in [-0.39, 0.29) is 11.9 Å². The summed E-state index contributed by atoms with van der Waals surface area (Å²) < 4.78 is 4.73. The van der Waals surface area contributed by atoms with Gasteiger partial charge in [-0.05, 0) is 55.4 Å². The fraction of sp³-hybridized carbons (Fsp3) is 0.579. The van der Waals surface area contributed by atoms with Crippen molar-refractivity contribution < 1.29 is 14.3 Å². The SMILES string of the molecule is CCC(CCC(=O)OC)NC1CCc2ccc(NC(C)=O)cc2C1. The molecule has 0 bridgehead atoms. The molecule has 0 saturated heterocycles. The third kappa shape index (κ3) is 5.34. The van der Waals surface area contributed by atoms with Gasteiger partial charge in [-0.2, -0.15) is 0 Å². The van der Waals surface area contributed by atoms with Crippen molar-refractivity contribution in [3.63, 3.8) is 0 Å². The Morgan fingerprint density at radius 1 is 1.33 bits per heavy atom. The number of hydrogen-bond donors (Lipinski definition) is 2. The summed E-state index contributed by atoms with van der Waals surface area (Å²) in [5.41, 5.74) is 3.53. The Balaban J connectivity index is 1.95. The molecule has 0 heterocycles. The minimum atomic E-state index is -0.149. The first-order valence-electron chi connectivity index (χ1n) is 8.74. The minimum absolute atomic E-state index is 0.0470. The van der Waals surface area contributed by atoms with Gasteiger partial charge in [0.2, 0.25) is 5.91 Å². The molecule has 0 spiro atoms. The van der Waals surface area contributed by atoms with Gasteiger partial charge in [-0.1, -0.05) is 13.0 Å². The van der Waals surface area contributed by atoms with Crippen LogP contribution in [-0.4, -0.2) is 31.1 Å². The molecule has 2 rings (SSSR count). The zero-order valence-electron chi connectivity index (χ0n) is 14.9. The summed E-state index contributed by atoms with van der Waals surface area (Å²) in [5.74, 6) is -0.196. The Kier molecular flexibility index (Phi) is 6.79. The first-order chi connectivity index (χ1) is 11.5. The maximum atomic E-state index is 11.3. The number of aryl methyl sites for hydroxylation is 1. The number of ether oxygens (including phenoxy) is 1. The van der Waals surface area contributed by atoms with E-state index in [1.807, 2.05) is 6.07 Å². The highest BCUT2D eigenvalue weighted by molar-refractivity contribution is 5.88. The summed E-state index contributed by atoms with van der Waals surface area (Å²) in [6.07, 6.45) is 5.35. The summed E-state index contributed by atoms with van der Waals surface area (Å²) in [7, 11) is 1.43. The van der Waals surface area contributed by atoms with Gasteiger partial charge in [-0.25, -0.2) is 0 Å². The van der Waals surface area contributed by atoms with Crippen LogP contribution in [0.1, 0.15) is 50.7 Å². The molecular weight excluding hydrogens is 304 g/mol. The summed E-state index contributed by atoms with van der Waals surface area (Å²) >= 11 is 0. The maximum absolute atomic E-state index is 11.3. The van der Waals surface area contributed by atoms with Crippen LogP contribution in [0.5, 0.6) is 0 Å². The highest BCUT2D eigenvalue weighted by atomic mass is 16.5. The molecule has 1 aliphatic rings. The molecule has 0 fully saturated rings. The zero-order valence-corrected chi connectivity index (χ0v) is 14.9. The third-order valence-corrected chi connectivity index (χ3v) is 4.64. The summed E-state index contributed by atoms with van der Waals surface area (Å²) in [5, 5.41) is 6.54. The topological polar surface area (TPSA) is 67.4 Å². The molecule has 1 aromatic carbocycles. The van der Waals surface area contributed by atoms with E-state index in [4.69, 9.17) is 4.74 Å². The van der Waals surface area contributed by atoms with Gasteiger partial charge in [0, 0.05) is 31.1 Å². The largest absolute Gasteiger partial charge is 0.469 e. The van der Waals surface area contributed by atoms with E-state index in [9.17, 15) is 9.59 Å². The van der Waals surface area contributed by atoms with Crippen molar-refractivity contribution in [2.45, 2.75) is 64.5 Å². The predicted molar refractivity (Wildman–Crippen MR) is 95.0 cm³/mol. The van der Waals surface area contributed by atoms with E-state index >= 15 is 0 Å². The summed E-state index contributed by atoms with van der Waals surface area (Å²) in [6, 6.07) is 6.91. The van der Waals surface area contributed by atoms with Crippen LogP contribution < -0.4 is 10.6 Å². The number of carbonyl (C=O) groups excluding carboxylic acids is 2. The third-order valence-electron chi connectivity index (χ3n) is 4.64. The molecule has 2 unspecified atom stereocenters. The molecule has 132 valence electrons. The quantitative estimate of drug-likeness (QED) is 0.754. The van der Waals surface area contributed by atoms with Crippen molar-refractivity contribution in [1.82, 2.24) is 5.32 Å². The lowest BCUT2D eigenvalue weighted by atomic mass is 9.87. The lowest BCUT2D eigenvalue weighted by Crippen LogP contribution is -2.41. The zero-order chi connectivity index (χ0) is 17.5. The Labute approximate surface area is 144 Å². The fourth-order valence-electron chi connectivity index (χ4n) is 3.31. The van der Waals surface area contributed by atoms with Crippen molar-refractivity contribution in [2.75, 3.05) is 12.4 Å². The van der Waals surface area contributed by atoms with Gasteiger partial charge in [0.1, 0.15) is 0 Å². The number of nitrogens with one attached hydrogen (secondary N) is 2. The average Bonchev–Trinajstić information content (AvgIpc) is 2.57. The molecule has 0 radical (unpaired) electrons. The van der Waals surface area contributed by atoms with E-state index in [0.29, 0.717) is 18.5 Å². The van der Waals surface area contributed by atoms with Crippen molar-refractivity contribution >= 4 is 17.6 Å². The number of methoxy groups -OCH3 is 1. The van der Waals surface area contributed by atoms with E-state index in [1.165, 1.54) is 25.2 Å². The number of hydrogen-bond acceptors (Lipinski definition) is 4. The number of benzene rings is 1. The lowest BCUT2D eigenvalue weighted by Gasteiger charge is -2.30.